The van der Waals surface area contributed by atoms with Crippen molar-refractivity contribution in [3.63, 3.8) is 0 Å². The van der Waals surface area contributed by atoms with Gasteiger partial charge in [-0.05, 0) is 31.8 Å². The summed E-state index contributed by atoms with van der Waals surface area (Å²) < 4.78 is 22.9. The van der Waals surface area contributed by atoms with E-state index >= 15 is 0 Å². The molecule has 2 bridgehead atoms. The minimum Gasteiger partial charge on any atom is -0.390 e. The van der Waals surface area contributed by atoms with Crippen molar-refractivity contribution in [3.05, 3.63) is 0 Å². The molecule has 0 saturated carbocycles. The predicted molar refractivity (Wildman–Crippen MR) is 64.5 cm³/mol. The highest BCUT2D eigenvalue weighted by molar-refractivity contribution is 7.91. The van der Waals surface area contributed by atoms with E-state index in [1.54, 1.807) is 0 Å². The molecule has 4 saturated heterocycles. The van der Waals surface area contributed by atoms with Gasteiger partial charge in [0.25, 0.3) is 0 Å². The van der Waals surface area contributed by atoms with Crippen molar-refractivity contribution < 1.29 is 13.5 Å². The second-order valence-electron chi connectivity index (χ2n) is 5.66. The highest BCUT2D eigenvalue weighted by Crippen LogP contribution is 2.28. The van der Waals surface area contributed by atoms with Crippen molar-refractivity contribution in [1.29, 1.82) is 0 Å². The first-order valence-electron chi connectivity index (χ1n) is 6.40. The molecule has 0 radical (unpaired) electrons. The first-order valence-corrected chi connectivity index (χ1v) is 8.22. The van der Waals surface area contributed by atoms with Crippen molar-refractivity contribution in [2.24, 2.45) is 5.92 Å². The number of fused-ring (bicyclic) bond motifs is 3. The monoisotopic (exact) mass is 260 g/mol. The number of hydrogen-bond donors (Lipinski definition) is 2. The number of aliphatic hydroxyl groups excluding tert-OH is 1. The maximum absolute atomic E-state index is 11.4. The van der Waals surface area contributed by atoms with Gasteiger partial charge >= 0.3 is 0 Å². The summed E-state index contributed by atoms with van der Waals surface area (Å²) in [6.07, 6.45) is 1.68. The first kappa shape index (κ1) is 11.9. The van der Waals surface area contributed by atoms with Gasteiger partial charge in [0.15, 0.2) is 9.84 Å². The Balaban J connectivity index is 1.64. The molecular formula is C11H20N2O3S. The van der Waals surface area contributed by atoms with Crippen LogP contribution in [0.5, 0.6) is 0 Å². The van der Waals surface area contributed by atoms with Gasteiger partial charge in [-0.3, -0.25) is 0 Å². The van der Waals surface area contributed by atoms with Crippen LogP contribution in [-0.2, 0) is 9.84 Å². The maximum atomic E-state index is 11.4. The zero-order valence-electron chi connectivity index (χ0n) is 9.88. The van der Waals surface area contributed by atoms with Crippen LogP contribution in [0, 0.1) is 5.92 Å². The van der Waals surface area contributed by atoms with Gasteiger partial charge in [0.1, 0.15) is 0 Å². The molecule has 3 unspecified atom stereocenters. The average molecular weight is 260 g/mol. The Bertz CT molecular complexity index is 390. The molecule has 4 aliphatic rings. The van der Waals surface area contributed by atoms with E-state index in [0.29, 0.717) is 12.0 Å². The summed E-state index contributed by atoms with van der Waals surface area (Å²) in [7, 11) is -3.03. The standard InChI is InChI=1S/C11H20N2O3S/c14-11-7-17(15,16)6-10(11)12-9-5-13-3-1-8(9)2-4-13/h8-12,14H,1-7H2. The number of nitrogens with one attached hydrogen (secondary N) is 1. The van der Waals surface area contributed by atoms with Crippen LogP contribution in [0.3, 0.4) is 0 Å². The number of nitrogens with zero attached hydrogens (tertiary/aromatic N) is 1. The lowest BCUT2D eigenvalue weighted by molar-refractivity contribution is 0.0561. The predicted octanol–water partition coefficient (Wildman–Crippen LogP) is -1.17. The Morgan fingerprint density at radius 3 is 2.29 bits per heavy atom. The quantitative estimate of drug-likeness (QED) is 0.655. The summed E-state index contributed by atoms with van der Waals surface area (Å²) in [5.74, 6) is 0.680. The molecule has 4 heterocycles. The molecule has 0 aromatic carbocycles. The van der Waals surface area contributed by atoms with Crippen molar-refractivity contribution in [2.75, 3.05) is 31.1 Å². The van der Waals surface area contributed by atoms with Gasteiger partial charge < -0.3 is 15.3 Å². The van der Waals surface area contributed by atoms with E-state index in [1.807, 2.05) is 0 Å². The molecule has 5 nitrogen and oxygen atoms in total. The van der Waals surface area contributed by atoms with Gasteiger partial charge in [-0.15, -0.1) is 0 Å². The van der Waals surface area contributed by atoms with Gasteiger partial charge in [0.2, 0.25) is 0 Å². The number of rotatable bonds is 2. The fraction of sp³-hybridized carbons (Fsp3) is 1.00. The molecule has 0 spiro atoms. The summed E-state index contributed by atoms with van der Waals surface area (Å²) in [6.45, 7) is 3.36. The minimum absolute atomic E-state index is 0.0776. The van der Waals surface area contributed by atoms with Crippen LogP contribution in [0.4, 0.5) is 0 Å². The largest absolute Gasteiger partial charge is 0.390 e. The van der Waals surface area contributed by atoms with Crippen molar-refractivity contribution in [1.82, 2.24) is 10.2 Å². The highest BCUT2D eigenvalue weighted by atomic mass is 32.2. The average Bonchev–Trinajstić information content (AvgIpc) is 2.53. The Kier molecular flexibility index (Phi) is 2.93. The molecule has 0 aromatic rings. The SMILES string of the molecule is O=S1(=O)CC(O)C(NC2CN3CCC2CC3)C1. The second kappa shape index (κ2) is 4.19. The Labute approximate surface area is 102 Å². The molecule has 0 amide bonds. The third kappa shape index (κ3) is 2.36. The van der Waals surface area contributed by atoms with E-state index < -0.39 is 15.9 Å². The number of sulfone groups is 1. The molecule has 3 atom stereocenters. The van der Waals surface area contributed by atoms with Crippen LogP contribution in [0.1, 0.15) is 12.8 Å². The number of hydrogen-bond acceptors (Lipinski definition) is 5. The lowest BCUT2D eigenvalue weighted by atomic mass is 9.83. The van der Waals surface area contributed by atoms with Crippen LogP contribution >= 0.6 is 0 Å². The van der Waals surface area contributed by atoms with Crippen molar-refractivity contribution >= 4 is 9.84 Å². The lowest BCUT2D eigenvalue weighted by Gasteiger charge is -2.46. The minimum atomic E-state index is -3.03. The normalized spacial score (nSPS) is 48.4. The molecule has 0 aliphatic carbocycles. The molecule has 4 fully saturated rings. The molecule has 6 heteroatoms. The number of aliphatic hydroxyl groups is 1. The smallest absolute Gasteiger partial charge is 0.154 e. The van der Waals surface area contributed by atoms with E-state index in [9.17, 15) is 13.5 Å². The van der Waals surface area contributed by atoms with Crippen LogP contribution in [0.15, 0.2) is 0 Å². The molecule has 4 aliphatic heterocycles. The van der Waals surface area contributed by atoms with Crippen LogP contribution in [0.25, 0.3) is 0 Å². The highest BCUT2D eigenvalue weighted by Gasteiger charge is 2.41. The molecule has 4 rings (SSSR count). The van der Waals surface area contributed by atoms with Crippen LogP contribution < -0.4 is 5.32 Å². The van der Waals surface area contributed by atoms with Crippen molar-refractivity contribution in [2.45, 2.75) is 31.0 Å². The Hall–Kier alpha value is -0.170. The maximum Gasteiger partial charge on any atom is 0.154 e. The van der Waals surface area contributed by atoms with E-state index in [-0.39, 0.29) is 17.5 Å². The zero-order valence-corrected chi connectivity index (χ0v) is 10.7. The third-order valence-corrected chi connectivity index (χ3v) is 6.12. The second-order valence-corrected chi connectivity index (χ2v) is 7.82. The van der Waals surface area contributed by atoms with E-state index in [2.05, 4.69) is 10.2 Å². The Morgan fingerprint density at radius 2 is 1.82 bits per heavy atom. The molecule has 17 heavy (non-hydrogen) atoms. The molecule has 2 N–H and O–H groups in total. The summed E-state index contributed by atoms with van der Waals surface area (Å²) >= 11 is 0. The Morgan fingerprint density at radius 1 is 1.12 bits per heavy atom. The zero-order chi connectivity index (χ0) is 12.0. The van der Waals surface area contributed by atoms with Gasteiger partial charge in [0.05, 0.1) is 17.6 Å². The molecular weight excluding hydrogens is 240 g/mol. The van der Waals surface area contributed by atoms with Crippen molar-refractivity contribution in [3.8, 4) is 0 Å². The number of piperidine rings is 3. The van der Waals surface area contributed by atoms with Gasteiger partial charge in [-0.25, -0.2) is 8.42 Å². The fourth-order valence-corrected chi connectivity index (χ4v) is 5.17. The molecule has 0 aromatic heterocycles. The third-order valence-electron chi connectivity index (χ3n) is 4.41. The lowest BCUT2D eigenvalue weighted by Crippen LogP contribution is -2.59. The topological polar surface area (TPSA) is 69.6 Å². The van der Waals surface area contributed by atoms with Gasteiger partial charge in [-0.1, -0.05) is 0 Å². The molecule has 98 valence electrons. The summed E-state index contributed by atoms with van der Waals surface area (Å²) in [6, 6.07) is 0.107. The summed E-state index contributed by atoms with van der Waals surface area (Å²) in [4.78, 5) is 2.42. The van der Waals surface area contributed by atoms with E-state index in [0.717, 1.165) is 6.54 Å². The summed E-state index contributed by atoms with van der Waals surface area (Å²) in [5.41, 5.74) is 0. The van der Waals surface area contributed by atoms with Gasteiger partial charge in [-0.2, -0.15) is 0 Å². The fourth-order valence-electron chi connectivity index (χ4n) is 3.42. The van der Waals surface area contributed by atoms with Crippen LogP contribution in [-0.4, -0.2) is 67.8 Å². The van der Waals surface area contributed by atoms with Gasteiger partial charge in [0, 0.05) is 18.6 Å². The first-order chi connectivity index (χ1) is 8.03. The van der Waals surface area contributed by atoms with E-state index in [1.165, 1.54) is 25.9 Å². The van der Waals surface area contributed by atoms with E-state index in [4.69, 9.17) is 0 Å². The van der Waals surface area contributed by atoms with Crippen LogP contribution in [0.2, 0.25) is 0 Å². The summed E-state index contributed by atoms with van der Waals surface area (Å²) in [5, 5.41) is 13.2.